The second-order valence-corrected chi connectivity index (χ2v) is 11.1. The highest BCUT2D eigenvalue weighted by Crippen LogP contribution is 2.21. The molecule has 10 heteroatoms. The van der Waals surface area contributed by atoms with Crippen LogP contribution in [0.3, 0.4) is 0 Å². The molecule has 1 aliphatic rings. The number of aromatic nitrogens is 3. The smallest absolute Gasteiger partial charge is 0.245 e. The number of guanidine groups is 1. The van der Waals surface area contributed by atoms with Crippen molar-refractivity contribution in [2.45, 2.75) is 123 Å². The van der Waals surface area contributed by atoms with Gasteiger partial charge in [0.15, 0.2) is 5.96 Å². The van der Waals surface area contributed by atoms with Crippen molar-refractivity contribution in [2.24, 2.45) is 22.4 Å². The molecule has 0 spiro atoms. The molecular formula is C29H54N8O2. The minimum Gasteiger partial charge on any atom is -0.370 e. The molecule has 0 saturated carbocycles. The van der Waals surface area contributed by atoms with Crippen molar-refractivity contribution in [1.29, 1.82) is 0 Å². The van der Waals surface area contributed by atoms with Crippen molar-refractivity contribution in [3.05, 3.63) is 11.9 Å². The summed E-state index contributed by atoms with van der Waals surface area (Å²) in [5.41, 5.74) is 11.6. The molecule has 2 atom stereocenters. The van der Waals surface area contributed by atoms with E-state index >= 15 is 0 Å². The number of piperidine rings is 1. The highest BCUT2D eigenvalue weighted by atomic mass is 16.2. The van der Waals surface area contributed by atoms with Gasteiger partial charge in [-0.05, 0) is 57.3 Å². The molecule has 0 aliphatic carbocycles. The van der Waals surface area contributed by atoms with Gasteiger partial charge in [0, 0.05) is 38.8 Å². The zero-order chi connectivity index (χ0) is 28.3. The lowest BCUT2D eigenvalue weighted by Crippen LogP contribution is -2.37. The van der Waals surface area contributed by atoms with Crippen LogP contribution in [0.2, 0.25) is 0 Å². The summed E-state index contributed by atoms with van der Waals surface area (Å²) in [6.07, 6.45) is 18.8. The zero-order valence-corrected chi connectivity index (χ0v) is 24.6. The van der Waals surface area contributed by atoms with Gasteiger partial charge in [0.1, 0.15) is 6.04 Å². The molecule has 2 amide bonds. The Morgan fingerprint density at radius 1 is 0.974 bits per heavy atom. The number of aliphatic imine (C=N–C) groups is 1. The van der Waals surface area contributed by atoms with Crippen molar-refractivity contribution < 1.29 is 9.59 Å². The number of hydrogen-bond donors (Lipinski definition) is 3. The third kappa shape index (κ3) is 13.3. The van der Waals surface area contributed by atoms with E-state index < -0.39 is 0 Å². The number of amides is 2. The number of rotatable bonds is 20. The molecule has 0 aromatic carbocycles. The Morgan fingerprint density at radius 3 is 2.31 bits per heavy atom. The summed E-state index contributed by atoms with van der Waals surface area (Å²) in [7, 11) is 0. The number of carbonyl (C=O) groups excluding carboxylic acids is 2. The molecule has 2 rings (SSSR count). The molecule has 1 saturated heterocycles. The highest BCUT2D eigenvalue weighted by Gasteiger charge is 2.27. The molecule has 1 aromatic heterocycles. The maximum Gasteiger partial charge on any atom is 0.245 e. The number of aryl methyl sites for hydroxylation is 1. The SMILES string of the molecule is CC[C@H](C)[C@@H](C(=O)NCCCCCCCCCCC(=O)N1CCCCC1)n1cc(CCCCN=C(N)N)nn1. The van der Waals surface area contributed by atoms with Crippen molar-refractivity contribution >= 4 is 17.8 Å². The van der Waals surface area contributed by atoms with Crippen LogP contribution in [0.15, 0.2) is 11.2 Å². The van der Waals surface area contributed by atoms with Crippen LogP contribution in [-0.2, 0) is 16.0 Å². The van der Waals surface area contributed by atoms with Crippen LogP contribution >= 0.6 is 0 Å². The topological polar surface area (TPSA) is 145 Å². The molecule has 5 N–H and O–H groups in total. The van der Waals surface area contributed by atoms with E-state index in [1.165, 1.54) is 44.9 Å². The van der Waals surface area contributed by atoms with Gasteiger partial charge < -0.3 is 21.7 Å². The lowest BCUT2D eigenvalue weighted by Gasteiger charge is -2.26. The minimum absolute atomic E-state index is 0.0210. The maximum atomic E-state index is 13.0. The summed E-state index contributed by atoms with van der Waals surface area (Å²) in [4.78, 5) is 31.3. The van der Waals surface area contributed by atoms with E-state index in [1.807, 2.05) is 6.20 Å². The lowest BCUT2D eigenvalue weighted by atomic mass is 9.98. The summed E-state index contributed by atoms with van der Waals surface area (Å²) in [6.45, 7) is 7.40. The molecule has 0 bridgehead atoms. The minimum atomic E-state index is -0.348. The molecule has 2 heterocycles. The van der Waals surface area contributed by atoms with E-state index in [-0.39, 0.29) is 23.8 Å². The molecule has 39 heavy (non-hydrogen) atoms. The van der Waals surface area contributed by atoms with Gasteiger partial charge in [-0.3, -0.25) is 14.6 Å². The predicted molar refractivity (Wildman–Crippen MR) is 157 cm³/mol. The van der Waals surface area contributed by atoms with Gasteiger partial charge in [-0.15, -0.1) is 5.10 Å². The van der Waals surface area contributed by atoms with Crippen LogP contribution in [0.25, 0.3) is 0 Å². The fourth-order valence-electron chi connectivity index (χ4n) is 5.13. The van der Waals surface area contributed by atoms with Crippen LogP contribution in [0.5, 0.6) is 0 Å². The number of nitrogens with two attached hydrogens (primary N) is 2. The monoisotopic (exact) mass is 546 g/mol. The summed E-state index contributed by atoms with van der Waals surface area (Å²) in [5.74, 6) is 0.656. The van der Waals surface area contributed by atoms with E-state index in [4.69, 9.17) is 11.5 Å². The number of likely N-dealkylation sites (tertiary alicyclic amines) is 1. The first-order valence-electron chi connectivity index (χ1n) is 15.4. The standard InChI is InChI=1S/C29H54N8O2/c1-3-24(2)27(37-23-25(34-35-37)17-12-14-20-33-29(30)31)28(39)32-19-13-9-7-5-4-6-8-11-18-26(38)36-21-15-10-16-22-36/h23-24,27H,3-22H2,1-2H3,(H,32,39)(H4,30,31,33)/t24-,27-/m0/s1. The van der Waals surface area contributed by atoms with Gasteiger partial charge in [-0.25, -0.2) is 4.68 Å². The Bertz CT molecular complexity index is 846. The second-order valence-electron chi connectivity index (χ2n) is 11.1. The molecule has 1 aromatic rings. The Balaban J connectivity index is 1.56. The van der Waals surface area contributed by atoms with E-state index in [9.17, 15) is 9.59 Å². The van der Waals surface area contributed by atoms with Crippen LogP contribution < -0.4 is 16.8 Å². The molecule has 10 nitrogen and oxygen atoms in total. The van der Waals surface area contributed by atoms with Crippen LogP contribution in [-0.4, -0.2) is 63.8 Å². The number of carbonyl (C=O) groups is 2. The Hall–Kier alpha value is -2.65. The first-order valence-corrected chi connectivity index (χ1v) is 15.4. The molecule has 0 radical (unpaired) electrons. The molecule has 1 aliphatic heterocycles. The number of nitrogens with one attached hydrogen (secondary N) is 1. The van der Waals surface area contributed by atoms with Gasteiger partial charge in [0.05, 0.1) is 5.69 Å². The van der Waals surface area contributed by atoms with Gasteiger partial charge >= 0.3 is 0 Å². The first-order chi connectivity index (χ1) is 18.9. The molecule has 222 valence electrons. The van der Waals surface area contributed by atoms with Gasteiger partial charge in [0.2, 0.25) is 11.8 Å². The summed E-state index contributed by atoms with van der Waals surface area (Å²) >= 11 is 0. The van der Waals surface area contributed by atoms with Crippen LogP contribution in [0.4, 0.5) is 0 Å². The Labute approximate surface area is 235 Å². The van der Waals surface area contributed by atoms with Crippen molar-refractivity contribution in [3.63, 3.8) is 0 Å². The molecule has 1 fully saturated rings. The lowest BCUT2D eigenvalue weighted by molar-refractivity contribution is -0.132. The fourth-order valence-corrected chi connectivity index (χ4v) is 5.13. The van der Waals surface area contributed by atoms with Gasteiger partial charge in [-0.1, -0.05) is 64.0 Å². The number of nitrogens with zero attached hydrogens (tertiary/aromatic N) is 5. The quantitative estimate of drug-likeness (QED) is 0.128. The fraction of sp³-hybridized carbons (Fsp3) is 0.828. The number of hydrogen-bond acceptors (Lipinski definition) is 5. The molecular weight excluding hydrogens is 492 g/mol. The van der Waals surface area contributed by atoms with E-state index in [2.05, 4.69) is 39.4 Å². The predicted octanol–water partition coefficient (Wildman–Crippen LogP) is 4.10. The largest absolute Gasteiger partial charge is 0.370 e. The summed E-state index contributed by atoms with van der Waals surface area (Å²) in [6, 6.07) is -0.348. The number of unbranched alkanes of at least 4 members (excludes halogenated alkanes) is 8. The van der Waals surface area contributed by atoms with Crippen molar-refractivity contribution in [1.82, 2.24) is 25.2 Å². The average molecular weight is 547 g/mol. The van der Waals surface area contributed by atoms with Gasteiger partial charge in [0.25, 0.3) is 0 Å². The Kier molecular flexibility index (Phi) is 16.2. The summed E-state index contributed by atoms with van der Waals surface area (Å²) in [5, 5.41) is 11.7. The van der Waals surface area contributed by atoms with Gasteiger partial charge in [-0.2, -0.15) is 0 Å². The molecule has 0 unspecified atom stereocenters. The van der Waals surface area contributed by atoms with Crippen LogP contribution in [0.1, 0.15) is 122 Å². The third-order valence-corrected chi connectivity index (χ3v) is 7.76. The van der Waals surface area contributed by atoms with E-state index in [0.29, 0.717) is 25.4 Å². The average Bonchev–Trinajstić information content (AvgIpc) is 3.39. The highest BCUT2D eigenvalue weighted by molar-refractivity contribution is 5.80. The second kappa shape index (κ2) is 19.4. The summed E-state index contributed by atoms with van der Waals surface area (Å²) < 4.78 is 1.73. The van der Waals surface area contributed by atoms with Crippen molar-refractivity contribution in [2.75, 3.05) is 26.2 Å². The van der Waals surface area contributed by atoms with E-state index in [1.54, 1.807) is 4.68 Å². The maximum absolute atomic E-state index is 13.0. The van der Waals surface area contributed by atoms with Crippen LogP contribution in [0, 0.1) is 5.92 Å². The van der Waals surface area contributed by atoms with Crippen molar-refractivity contribution in [3.8, 4) is 0 Å². The van der Waals surface area contributed by atoms with E-state index in [0.717, 1.165) is 70.2 Å². The first kappa shape index (κ1) is 32.6. The Morgan fingerprint density at radius 2 is 1.64 bits per heavy atom. The third-order valence-electron chi connectivity index (χ3n) is 7.76. The zero-order valence-electron chi connectivity index (χ0n) is 24.6. The normalized spacial score (nSPS) is 15.1.